The molecule has 9 heteroatoms. The van der Waals surface area contributed by atoms with Crippen molar-refractivity contribution in [1.82, 2.24) is 15.2 Å². The minimum absolute atomic E-state index is 0.0305. The molecule has 0 aliphatic carbocycles. The Hall–Kier alpha value is -1.71. The molecule has 1 fully saturated rings. The van der Waals surface area contributed by atoms with Crippen molar-refractivity contribution in [1.29, 1.82) is 0 Å². The molecule has 8 nitrogen and oxygen atoms in total. The highest BCUT2D eigenvalue weighted by Gasteiger charge is 2.17. The molecule has 0 saturated carbocycles. The molecule has 2 heterocycles. The maximum atomic E-state index is 12.4. The van der Waals surface area contributed by atoms with Crippen molar-refractivity contribution < 1.29 is 17.4 Å². The van der Waals surface area contributed by atoms with Crippen LogP contribution in [-0.2, 0) is 14.3 Å². The summed E-state index contributed by atoms with van der Waals surface area (Å²) in [5.41, 5.74) is 0.636. The summed E-state index contributed by atoms with van der Waals surface area (Å²) < 4.78 is 26.5. The van der Waals surface area contributed by atoms with Gasteiger partial charge in [-0.15, -0.1) is 0 Å². The molecule has 0 unspecified atom stereocenters. The maximum absolute atomic E-state index is 12.4. The van der Waals surface area contributed by atoms with Gasteiger partial charge in [-0.1, -0.05) is 77.6 Å². The Morgan fingerprint density at radius 3 is 1.89 bits per heavy atom. The highest BCUT2D eigenvalue weighted by Crippen LogP contribution is 2.15. The van der Waals surface area contributed by atoms with Crippen LogP contribution in [-0.4, -0.2) is 76.3 Å². The van der Waals surface area contributed by atoms with Crippen LogP contribution in [0.1, 0.15) is 101 Å². The Kier molecular flexibility index (Phi) is 15.8. The van der Waals surface area contributed by atoms with Gasteiger partial charge in [0.1, 0.15) is 5.82 Å². The average molecular weight is 539 g/mol. The summed E-state index contributed by atoms with van der Waals surface area (Å²) >= 11 is 0. The van der Waals surface area contributed by atoms with E-state index in [1.54, 1.807) is 6.20 Å². The van der Waals surface area contributed by atoms with Gasteiger partial charge in [-0.2, -0.15) is 8.42 Å². The minimum Gasteiger partial charge on any atom is -0.354 e. The fourth-order valence-corrected chi connectivity index (χ4v) is 5.11. The highest BCUT2D eigenvalue weighted by molar-refractivity contribution is 7.85. The molecule has 1 saturated heterocycles. The molecule has 0 bridgehead atoms. The number of nitrogens with zero attached hydrogens (tertiary/aromatic N) is 3. The van der Waals surface area contributed by atoms with Gasteiger partial charge in [0, 0.05) is 38.9 Å². The van der Waals surface area contributed by atoms with Gasteiger partial charge in [0.25, 0.3) is 16.0 Å². The van der Waals surface area contributed by atoms with Crippen molar-refractivity contribution in [2.24, 2.45) is 0 Å². The molecule has 1 aliphatic heterocycles. The molecule has 1 aromatic rings. The number of aromatic nitrogens is 1. The molecule has 0 spiro atoms. The first kappa shape index (κ1) is 31.5. The van der Waals surface area contributed by atoms with Crippen LogP contribution in [0.3, 0.4) is 0 Å². The molecule has 0 radical (unpaired) electrons. The molecular formula is C28H50N4O4S. The lowest BCUT2D eigenvalue weighted by Crippen LogP contribution is -2.46. The molecular weight excluding hydrogens is 488 g/mol. The number of carbonyl (C=O) groups is 1. The van der Waals surface area contributed by atoms with E-state index >= 15 is 0 Å². The van der Waals surface area contributed by atoms with Gasteiger partial charge in [0.05, 0.1) is 18.4 Å². The lowest BCUT2D eigenvalue weighted by atomic mass is 10.0. The van der Waals surface area contributed by atoms with Crippen LogP contribution in [0.25, 0.3) is 0 Å². The Morgan fingerprint density at radius 2 is 1.41 bits per heavy atom. The number of hydrogen-bond acceptors (Lipinski definition) is 7. The highest BCUT2D eigenvalue weighted by atomic mass is 32.2. The third kappa shape index (κ3) is 14.7. The number of likely N-dealkylation sites (N-methyl/N-ethyl adjacent to an activating group) is 1. The first-order valence-electron chi connectivity index (χ1n) is 14.4. The number of pyridine rings is 1. The van der Waals surface area contributed by atoms with Gasteiger partial charge in [-0.25, -0.2) is 4.98 Å². The maximum Gasteiger partial charge on any atom is 0.264 e. The number of amides is 1. The van der Waals surface area contributed by atoms with E-state index < -0.39 is 10.1 Å². The van der Waals surface area contributed by atoms with E-state index in [-0.39, 0.29) is 5.91 Å². The Morgan fingerprint density at radius 1 is 0.865 bits per heavy atom. The van der Waals surface area contributed by atoms with Crippen LogP contribution in [0.4, 0.5) is 5.82 Å². The molecule has 1 aliphatic rings. The molecule has 0 aromatic carbocycles. The van der Waals surface area contributed by atoms with Gasteiger partial charge in [-0.3, -0.25) is 8.98 Å². The fraction of sp³-hybridized carbons (Fsp3) is 0.786. The second-order valence-electron chi connectivity index (χ2n) is 10.2. The van der Waals surface area contributed by atoms with Crippen LogP contribution in [0.5, 0.6) is 0 Å². The van der Waals surface area contributed by atoms with E-state index in [0.29, 0.717) is 12.2 Å². The topological polar surface area (TPSA) is 91.8 Å². The van der Waals surface area contributed by atoms with E-state index in [1.807, 2.05) is 12.1 Å². The number of nitrogens with one attached hydrogen (secondary N) is 1. The first-order valence-corrected chi connectivity index (χ1v) is 16.3. The van der Waals surface area contributed by atoms with Crippen molar-refractivity contribution in [3.63, 3.8) is 0 Å². The van der Waals surface area contributed by atoms with Gasteiger partial charge < -0.3 is 15.1 Å². The Bertz CT molecular complexity index is 840. The first-order chi connectivity index (χ1) is 17.9. The second-order valence-corrected chi connectivity index (χ2v) is 11.8. The Balaban J connectivity index is 1.38. The lowest BCUT2D eigenvalue weighted by molar-refractivity contribution is 0.0952. The van der Waals surface area contributed by atoms with Crippen molar-refractivity contribution in [2.75, 3.05) is 57.0 Å². The molecule has 1 aromatic heterocycles. The monoisotopic (exact) mass is 538 g/mol. The van der Waals surface area contributed by atoms with Crippen molar-refractivity contribution >= 4 is 21.8 Å². The van der Waals surface area contributed by atoms with Crippen molar-refractivity contribution in [3.05, 3.63) is 23.9 Å². The zero-order valence-electron chi connectivity index (χ0n) is 23.3. The van der Waals surface area contributed by atoms with E-state index in [4.69, 9.17) is 4.18 Å². The van der Waals surface area contributed by atoms with E-state index in [0.717, 1.165) is 83.4 Å². The molecule has 1 N–H and O–H groups in total. The standard InChI is InChI=1S/C28H50N4O4S/c1-3-31-20-22-32(23-21-31)27-18-17-26(25-30-27)28(33)29-19-15-13-11-9-7-5-4-6-8-10-12-14-16-24-36-37(2,34)35/h17-18,25H,3-16,19-24H2,1-2H3,(H,29,33). The third-order valence-electron chi connectivity index (χ3n) is 7.06. The minimum atomic E-state index is -3.28. The number of rotatable bonds is 20. The van der Waals surface area contributed by atoms with Crippen LogP contribution >= 0.6 is 0 Å². The summed E-state index contributed by atoms with van der Waals surface area (Å²) in [5.74, 6) is 0.930. The predicted molar refractivity (Wildman–Crippen MR) is 152 cm³/mol. The molecule has 1 amide bonds. The normalized spacial score (nSPS) is 14.7. The summed E-state index contributed by atoms with van der Waals surface area (Å²) in [5, 5.41) is 3.03. The van der Waals surface area contributed by atoms with Crippen LogP contribution < -0.4 is 10.2 Å². The van der Waals surface area contributed by atoms with Crippen molar-refractivity contribution in [2.45, 2.75) is 90.4 Å². The SMILES string of the molecule is CCN1CCN(c2ccc(C(=O)NCCCCCCCCCCCCCCCOS(C)(=O)=O)cn2)CC1. The number of carbonyl (C=O) groups excluding carboxylic acids is 1. The third-order valence-corrected chi connectivity index (χ3v) is 7.65. The smallest absolute Gasteiger partial charge is 0.264 e. The van der Waals surface area contributed by atoms with Gasteiger partial charge in [0.2, 0.25) is 0 Å². The molecule has 37 heavy (non-hydrogen) atoms. The zero-order chi connectivity index (χ0) is 26.8. The van der Waals surface area contributed by atoms with Crippen LogP contribution in [0.2, 0.25) is 0 Å². The molecule has 0 atom stereocenters. The summed E-state index contributed by atoms with van der Waals surface area (Å²) in [4.78, 5) is 21.7. The summed E-state index contributed by atoms with van der Waals surface area (Å²) in [7, 11) is -3.28. The lowest BCUT2D eigenvalue weighted by Gasteiger charge is -2.34. The van der Waals surface area contributed by atoms with Crippen LogP contribution in [0.15, 0.2) is 18.3 Å². The summed E-state index contributed by atoms with van der Waals surface area (Å²) in [6, 6.07) is 3.86. The fourth-order valence-electron chi connectivity index (χ4n) is 4.69. The van der Waals surface area contributed by atoms with Crippen LogP contribution in [0, 0.1) is 0 Å². The number of unbranched alkanes of at least 4 members (excludes halogenated alkanes) is 12. The van der Waals surface area contributed by atoms with E-state index in [9.17, 15) is 13.2 Å². The van der Waals surface area contributed by atoms with Gasteiger partial charge in [0.15, 0.2) is 0 Å². The second kappa shape index (κ2) is 18.5. The van der Waals surface area contributed by atoms with Gasteiger partial charge >= 0.3 is 0 Å². The largest absolute Gasteiger partial charge is 0.354 e. The number of hydrogen-bond donors (Lipinski definition) is 1. The summed E-state index contributed by atoms with van der Waals surface area (Å²) in [6.45, 7) is 8.43. The van der Waals surface area contributed by atoms with E-state index in [2.05, 4.69) is 27.0 Å². The zero-order valence-corrected chi connectivity index (χ0v) is 24.1. The predicted octanol–water partition coefficient (Wildman–Crippen LogP) is 5.00. The van der Waals surface area contributed by atoms with Crippen molar-refractivity contribution in [3.8, 4) is 0 Å². The van der Waals surface area contributed by atoms with E-state index in [1.165, 1.54) is 51.4 Å². The quantitative estimate of drug-likeness (QED) is 0.184. The summed E-state index contributed by atoms with van der Waals surface area (Å²) in [6.07, 6.45) is 18.2. The number of piperazine rings is 1. The molecule has 212 valence electrons. The van der Waals surface area contributed by atoms with Gasteiger partial charge in [-0.05, 0) is 31.5 Å². The molecule has 2 rings (SSSR count). The Labute approximate surface area is 225 Å². The number of anilines is 1. The average Bonchev–Trinajstić information content (AvgIpc) is 2.90.